The topological polar surface area (TPSA) is 3.24 Å². The van der Waals surface area contributed by atoms with Crippen molar-refractivity contribution in [1.29, 1.82) is 0 Å². The highest BCUT2D eigenvalue weighted by atomic mass is 15.1. The number of hydrogen-bond donors (Lipinski definition) is 0. The lowest BCUT2D eigenvalue weighted by Gasteiger charge is -2.31. The molecular formula is C32H31N. The molecule has 0 amide bonds. The van der Waals surface area contributed by atoms with Crippen molar-refractivity contribution in [3.05, 3.63) is 133 Å². The first-order chi connectivity index (χ1) is 15.9. The molecule has 3 aromatic carbocycles. The summed E-state index contributed by atoms with van der Waals surface area (Å²) in [5.74, 6) is 0. The smallest absolute Gasteiger partial charge is 0.0543 e. The molecule has 1 nitrogen and oxygen atoms in total. The zero-order valence-electron chi connectivity index (χ0n) is 19.9. The van der Waals surface area contributed by atoms with Gasteiger partial charge in [0.25, 0.3) is 0 Å². The van der Waals surface area contributed by atoms with E-state index in [2.05, 4.69) is 101 Å². The summed E-state index contributed by atoms with van der Waals surface area (Å²) in [4.78, 5) is 2.23. The van der Waals surface area contributed by atoms with Gasteiger partial charge in [-0.3, -0.25) is 0 Å². The summed E-state index contributed by atoms with van der Waals surface area (Å²) in [5.41, 5.74) is 11.5. The van der Waals surface area contributed by atoms with E-state index in [1.807, 2.05) is 30.4 Å². The van der Waals surface area contributed by atoms with Gasteiger partial charge in [-0.2, -0.15) is 0 Å². The van der Waals surface area contributed by atoms with E-state index in [1.54, 1.807) is 6.08 Å². The molecule has 33 heavy (non-hydrogen) atoms. The highest BCUT2D eigenvalue weighted by Crippen LogP contribution is 2.54. The average molecular weight is 430 g/mol. The van der Waals surface area contributed by atoms with Crippen molar-refractivity contribution in [3.8, 4) is 11.1 Å². The SMILES string of the molecule is C=C/C=C(\C=C)N(c1ccccc1)c1cc2c(c(C=C)c1C=C)-c1ccc(C)cc1C2(C)C. The van der Waals surface area contributed by atoms with Crippen LogP contribution in [-0.2, 0) is 5.41 Å². The Balaban J connectivity index is 2.12. The minimum absolute atomic E-state index is 0.137. The molecule has 0 saturated heterocycles. The van der Waals surface area contributed by atoms with Gasteiger partial charge in [-0.25, -0.2) is 0 Å². The molecule has 0 N–H and O–H groups in total. The number of aryl methyl sites for hydroxylation is 1. The number of benzene rings is 3. The molecule has 1 aliphatic rings. The van der Waals surface area contributed by atoms with Gasteiger partial charge in [-0.05, 0) is 65.1 Å². The standard InChI is InChI=1S/C32H31N/c1-8-15-23(9-2)33(24-16-13-12-14-17-24)30-21-29-31(26(11-4)25(30)10-3)27-19-18-22(5)20-28(27)32(29,6)7/h8-21H,1-4H2,5-7H3/b23-15+. The number of rotatable bonds is 7. The molecule has 0 aliphatic heterocycles. The third-order valence-corrected chi connectivity index (χ3v) is 6.60. The van der Waals surface area contributed by atoms with Gasteiger partial charge in [0.05, 0.1) is 5.69 Å². The minimum Gasteiger partial charge on any atom is -0.310 e. The minimum atomic E-state index is -0.137. The van der Waals surface area contributed by atoms with Crippen molar-refractivity contribution >= 4 is 23.5 Å². The molecule has 0 atom stereocenters. The first-order valence-corrected chi connectivity index (χ1v) is 11.3. The number of anilines is 2. The van der Waals surface area contributed by atoms with Crippen LogP contribution >= 0.6 is 0 Å². The molecular weight excluding hydrogens is 398 g/mol. The molecule has 0 unspecified atom stereocenters. The van der Waals surface area contributed by atoms with Crippen LogP contribution in [0.4, 0.5) is 11.4 Å². The first kappa shape index (κ1) is 22.4. The number of fused-ring (bicyclic) bond motifs is 3. The fourth-order valence-corrected chi connectivity index (χ4v) is 5.00. The molecule has 0 saturated carbocycles. The molecule has 0 bridgehead atoms. The van der Waals surface area contributed by atoms with Crippen molar-refractivity contribution in [1.82, 2.24) is 0 Å². The summed E-state index contributed by atoms with van der Waals surface area (Å²) < 4.78 is 0. The number of hydrogen-bond acceptors (Lipinski definition) is 1. The van der Waals surface area contributed by atoms with E-state index in [4.69, 9.17) is 0 Å². The average Bonchev–Trinajstić information content (AvgIpc) is 3.04. The Labute approximate surface area is 198 Å². The quantitative estimate of drug-likeness (QED) is 0.339. The summed E-state index contributed by atoms with van der Waals surface area (Å²) >= 11 is 0. The monoisotopic (exact) mass is 429 g/mol. The maximum absolute atomic E-state index is 4.21. The Bertz CT molecular complexity index is 1300. The third kappa shape index (κ3) is 3.50. The lowest BCUT2D eigenvalue weighted by atomic mass is 9.80. The van der Waals surface area contributed by atoms with Crippen molar-refractivity contribution in [2.45, 2.75) is 26.2 Å². The molecule has 0 fully saturated rings. The summed E-state index contributed by atoms with van der Waals surface area (Å²) in [6, 6.07) is 19.4. The van der Waals surface area contributed by atoms with Crippen LogP contribution < -0.4 is 4.90 Å². The van der Waals surface area contributed by atoms with Crippen molar-refractivity contribution in [3.63, 3.8) is 0 Å². The summed E-state index contributed by atoms with van der Waals surface area (Å²) in [6.07, 6.45) is 9.56. The van der Waals surface area contributed by atoms with E-state index in [1.165, 1.54) is 27.8 Å². The van der Waals surface area contributed by atoms with Crippen LogP contribution in [0.1, 0.15) is 41.7 Å². The Morgan fingerprint density at radius 1 is 0.848 bits per heavy atom. The highest BCUT2D eigenvalue weighted by molar-refractivity contribution is 5.95. The molecule has 0 heterocycles. The molecule has 3 aromatic rings. The fourth-order valence-electron chi connectivity index (χ4n) is 5.00. The van der Waals surface area contributed by atoms with Crippen LogP contribution in [0.3, 0.4) is 0 Å². The van der Waals surface area contributed by atoms with E-state index < -0.39 is 0 Å². The predicted octanol–water partition coefficient (Wildman–Crippen LogP) is 8.98. The van der Waals surface area contributed by atoms with Gasteiger partial charge >= 0.3 is 0 Å². The molecule has 4 rings (SSSR count). The number of nitrogens with zero attached hydrogens (tertiary/aromatic N) is 1. The number of para-hydroxylation sites is 1. The molecule has 1 aliphatic carbocycles. The number of allylic oxidation sites excluding steroid dienone is 3. The van der Waals surface area contributed by atoms with Gasteiger partial charge < -0.3 is 4.90 Å². The van der Waals surface area contributed by atoms with E-state index >= 15 is 0 Å². The van der Waals surface area contributed by atoms with E-state index in [0.29, 0.717) is 0 Å². The van der Waals surface area contributed by atoms with Crippen LogP contribution in [-0.4, -0.2) is 0 Å². The Morgan fingerprint density at radius 2 is 1.55 bits per heavy atom. The second-order valence-corrected chi connectivity index (χ2v) is 8.93. The van der Waals surface area contributed by atoms with Crippen LogP contribution in [0.15, 0.2) is 105 Å². The molecule has 0 aromatic heterocycles. The molecule has 1 heteroatoms. The second-order valence-electron chi connectivity index (χ2n) is 8.93. The molecule has 0 radical (unpaired) electrons. The second kappa shape index (κ2) is 8.60. The fraction of sp³-hybridized carbons (Fsp3) is 0.125. The van der Waals surface area contributed by atoms with Gasteiger partial charge in [-0.1, -0.05) is 100 Å². The summed E-state index contributed by atoms with van der Waals surface area (Å²) in [6.45, 7) is 23.2. The van der Waals surface area contributed by atoms with Crippen LogP contribution in [0.5, 0.6) is 0 Å². The van der Waals surface area contributed by atoms with Crippen molar-refractivity contribution in [2.24, 2.45) is 0 Å². The van der Waals surface area contributed by atoms with E-state index in [0.717, 1.165) is 28.2 Å². The Kier molecular flexibility index (Phi) is 5.82. The van der Waals surface area contributed by atoms with E-state index in [9.17, 15) is 0 Å². The first-order valence-electron chi connectivity index (χ1n) is 11.3. The maximum atomic E-state index is 4.21. The van der Waals surface area contributed by atoms with Gasteiger partial charge in [0, 0.05) is 22.4 Å². The van der Waals surface area contributed by atoms with Crippen molar-refractivity contribution < 1.29 is 0 Å². The Morgan fingerprint density at radius 3 is 2.15 bits per heavy atom. The van der Waals surface area contributed by atoms with Gasteiger partial charge in [0.2, 0.25) is 0 Å². The maximum Gasteiger partial charge on any atom is 0.0543 e. The zero-order chi connectivity index (χ0) is 23.8. The van der Waals surface area contributed by atoms with Gasteiger partial charge in [0.15, 0.2) is 0 Å². The summed E-state index contributed by atoms with van der Waals surface area (Å²) in [5, 5.41) is 0. The van der Waals surface area contributed by atoms with E-state index in [-0.39, 0.29) is 5.41 Å². The predicted molar refractivity (Wildman–Crippen MR) is 146 cm³/mol. The summed E-state index contributed by atoms with van der Waals surface area (Å²) in [7, 11) is 0. The lowest BCUT2D eigenvalue weighted by Crippen LogP contribution is -2.20. The highest BCUT2D eigenvalue weighted by Gasteiger charge is 2.38. The van der Waals surface area contributed by atoms with Gasteiger partial charge in [0.1, 0.15) is 0 Å². The van der Waals surface area contributed by atoms with Gasteiger partial charge in [-0.15, -0.1) is 0 Å². The molecule has 0 spiro atoms. The van der Waals surface area contributed by atoms with Crippen LogP contribution in [0.25, 0.3) is 23.3 Å². The Hall–Kier alpha value is -3.84. The van der Waals surface area contributed by atoms with Crippen molar-refractivity contribution in [2.75, 3.05) is 4.90 Å². The normalized spacial score (nSPS) is 13.6. The van der Waals surface area contributed by atoms with Crippen LogP contribution in [0, 0.1) is 6.92 Å². The molecule has 164 valence electrons. The van der Waals surface area contributed by atoms with Crippen LogP contribution in [0.2, 0.25) is 0 Å². The zero-order valence-corrected chi connectivity index (χ0v) is 19.9. The third-order valence-electron chi connectivity index (χ3n) is 6.60. The lowest BCUT2D eigenvalue weighted by molar-refractivity contribution is 0.659. The largest absolute Gasteiger partial charge is 0.310 e.